The van der Waals surface area contributed by atoms with E-state index in [1.807, 2.05) is 4.90 Å². The average Bonchev–Trinajstić information content (AvgIpc) is 3.28. The van der Waals surface area contributed by atoms with Crippen molar-refractivity contribution in [2.45, 2.75) is 32.4 Å². The molecule has 3 aromatic heterocycles. The van der Waals surface area contributed by atoms with E-state index in [-0.39, 0.29) is 18.5 Å². The third kappa shape index (κ3) is 2.86. The second kappa shape index (κ2) is 6.87. The summed E-state index contributed by atoms with van der Waals surface area (Å²) in [7, 11) is 0. The summed E-state index contributed by atoms with van der Waals surface area (Å²) in [4.78, 5) is 32.3. The normalized spacial score (nSPS) is 16.5. The Morgan fingerprint density at radius 2 is 2.15 bits per heavy atom. The fraction of sp³-hybridized carbons (Fsp3) is 0.333. The van der Waals surface area contributed by atoms with Crippen LogP contribution >= 0.6 is 11.3 Å². The lowest BCUT2D eigenvalue weighted by Crippen LogP contribution is -2.42. The summed E-state index contributed by atoms with van der Waals surface area (Å²) in [5, 5.41) is 5.91. The molecule has 1 aliphatic heterocycles. The van der Waals surface area contributed by atoms with Gasteiger partial charge in [-0.05, 0) is 42.0 Å². The van der Waals surface area contributed by atoms with Gasteiger partial charge in [0.25, 0.3) is 0 Å². The molecule has 26 heavy (non-hydrogen) atoms. The van der Waals surface area contributed by atoms with Crippen LogP contribution < -0.4 is 5.76 Å². The number of hydrogen-bond donors (Lipinski definition) is 0. The van der Waals surface area contributed by atoms with Gasteiger partial charge in [0.15, 0.2) is 5.82 Å². The first-order valence-electron chi connectivity index (χ1n) is 8.51. The first kappa shape index (κ1) is 16.7. The van der Waals surface area contributed by atoms with Gasteiger partial charge in [0.05, 0.1) is 6.04 Å². The van der Waals surface area contributed by atoms with Gasteiger partial charge in [-0.15, -0.1) is 11.3 Å². The number of hydrogen-bond acceptors (Lipinski definition) is 6. The van der Waals surface area contributed by atoms with Gasteiger partial charge in [0.2, 0.25) is 5.91 Å². The predicted octanol–water partition coefficient (Wildman–Crippen LogP) is 2.50. The van der Waals surface area contributed by atoms with Gasteiger partial charge in [0, 0.05) is 29.4 Å². The van der Waals surface area contributed by atoms with Gasteiger partial charge in [-0.25, -0.2) is 9.36 Å². The smallest absolute Gasteiger partial charge is 0.334 e. The van der Waals surface area contributed by atoms with E-state index in [1.165, 1.54) is 15.0 Å². The highest BCUT2D eigenvalue weighted by Gasteiger charge is 2.31. The van der Waals surface area contributed by atoms with Gasteiger partial charge < -0.3 is 4.90 Å². The van der Waals surface area contributed by atoms with Gasteiger partial charge in [-0.3, -0.25) is 14.3 Å². The molecule has 0 aliphatic carbocycles. The zero-order valence-electron chi connectivity index (χ0n) is 14.3. The van der Waals surface area contributed by atoms with Crippen LogP contribution in [-0.2, 0) is 17.8 Å². The van der Waals surface area contributed by atoms with Crippen molar-refractivity contribution in [1.82, 2.24) is 19.6 Å². The third-order valence-electron chi connectivity index (χ3n) is 4.72. The molecule has 0 bridgehead atoms. The number of rotatable bonds is 4. The van der Waals surface area contributed by atoms with Crippen LogP contribution in [-0.4, -0.2) is 32.1 Å². The summed E-state index contributed by atoms with van der Waals surface area (Å²) >= 11 is 1.74. The standard InChI is InChI=1S/C18H18N4O3S/c1-2-14-13-6-10-26-15(13)5-9-21(14)16(23)11-22-17(20-25-18(22)24)12-3-7-19-8-4-12/h3-4,6-8,10,14H,2,5,9,11H2,1H3/t14-/m1/s1. The van der Waals surface area contributed by atoms with E-state index in [9.17, 15) is 9.59 Å². The van der Waals surface area contributed by atoms with Crippen molar-refractivity contribution in [1.29, 1.82) is 0 Å². The van der Waals surface area contributed by atoms with Crippen LogP contribution in [0, 0.1) is 0 Å². The monoisotopic (exact) mass is 370 g/mol. The highest BCUT2D eigenvalue weighted by Crippen LogP contribution is 2.35. The summed E-state index contributed by atoms with van der Waals surface area (Å²) in [6, 6.07) is 5.61. The number of fused-ring (bicyclic) bond motifs is 1. The molecule has 0 unspecified atom stereocenters. The molecule has 1 aliphatic rings. The zero-order valence-corrected chi connectivity index (χ0v) is 15.1. The van der Waals surface area contributed by atoms with E-state index < -0.39 is 5.76 Å². The molecule has 0 spiro atoms. The Kier molecular flexibility index (Phi) is 4.42. The lowest BCUT2D eigenvalue weighted by atomic mass is 9.98. The largest absolute Gasteiger partial charge is 0.442 e. The number of nitrogens with zero attached hydrogens (tertiary/aromatic N) is 4. The fourth-order valence-corrected chi connectivity index (χ4v) is 4.41. The van der Waals surface area contributed by atoms with Crippen LogP contribution in [0.4, 0.5) is 0 Å². The van der Waals surface area contributed by atoms with Crippen molar-refractivity contribution < 1.29 is 9.32 Å². The van der Waals surface area contributed by atoms with Crippen LogP contribution in [0.25, 0.3) is 11.4 Å². The van der Waals surface area contributed by atoms with Crippen LogP contribution in [0.2, 0.25) is 0 Å². The number of carbonyl (C=O) groups excluding carboxylic acids is 1. The molecule has 0 saturated heterocycles. The summed E-state index contributed by atoms with van der Waals surface area (Å²) in [5.74, 6) is -0.396. The number of thiophene rings is 1. The number of amides is 1. The fourth-order valence-electron chi connectivity index (χ4n) is 3.48. The van der Waals surface area contributed by atoms with E-state index >= 15 is 0 Å². The molecule has 1 amide bonds. The quantitative estimate of drug-likeness (QED) is 0.705. The number of pyridine rings is 1. The van der Waals surface area contributed by atoms with Crippen molar-refractivity contribution in [3.63, 3.8) is 0 Å². The predicted molar refractivity (Wildman–Crippen MR) is 96.8 cm³/mol. The zero-order chi connectivity index (χ0) is 18.1. The van der Waals surface area contributed by atoms with Gasteiger partial charge >= 0.3 is 5.76 Å². The Balaban J connectivity index is 1.62. The molecule has 134 valence electrons. The number of carbonyl (C=O) groups is 1. The maximum Gasteiger partial charge on any atom is 0.442 e. The average molecular weight is 370 g/mol. The maximum atomic E-state index is 13.0. The van der Waals surface area contributed by atoms with Crippen molar-refractivity contribution >= 4 is 17.2 Å². The Bertz CT molecular complexity index is 976. The minimum atomic E-state index is -0.633. The van der Waals surface area contributed by atoms with Crippen LogP contribution in [0.3, 0.4) is 0 Å². The molecule has 0 aromatic carbocycles. The van der Waals surface area contributed by atoms with E-state index in [1.54, 1.807) is 35.9 Å². The Morgan fingerprint density at radius 3 is 2.92 bits per heavy atom. The minimum Gasteiger partial charge on any atom is -0.334 e. The molecule has 0 radical (unpaired) electrons. The lowest BCUT2D eigenvalue weighted by Gasteiger charge is -2.35. The molecule has 1 atom stereocenters. The molecule has 0 N–H and O–H groups in total. The first-order valence-corrected chi connectivity index (χ1v) is 9.39. The van der Waals surface area contributed by atoms with E-state index in [0.717, 1.165) is 12.8 Å². The van der Waals surface area contributed by atoms with Crippen LogP contribution in [0.1, 0.15) is 29.8 Å². The highest BCUT2D eigenvalue weighted by molar-refractivity contribution is 7.10. The second-order valence-electron chi connectivity index (χ2n) is 6.15. The molecular weight excluding hydrogens is 352 g/mol. The molecule has 4 heterocycles. The van der Waals surface area contributed by atoms with Crippen molar-refractivity contribution in [3.05, 3.63) is 57.0 Å². The molecule has 8 heteroatoms. The number of aromatic nitrogens is 3. The lowest BCUT2D eigenvalue weighted by molar-refractivity contribution is -0.134. The van der Waals surface area contributed by atoms with Crippen molar-refractivity contribution in [2.24, 2.45) is 0 Å². The SMILES string of the molecule is CC[C@@H]1c2ccsc2CCN1C(=O)Cn1c(-c2ccncc2)noc1=O. The molecule has 3 aromatic rings. The maximum absolute atomic E-state index is 13.0. The van der Waals surface area contributed by atoms with E-state index in [4.69, 9.17) is 4.52 Å². The summed E-state index contributed by atoms with van der Waals surface area (Å²) in [5.41, 5.74) is 1.91. The molecule has 0 saturated carbocycles. The third-order valence-corrected chi connectivity index (χ3v) is 5.72. The van der Waals surface area contributed by atoms with E-state index in [2.05, 4.69) is 28.5 Å². The Labute approximate surface area is 153 Å². The van der Waals surface area contributed by atoms with Crippen LogP contribution in [0.5, 0.6) is 0 Å². The van der Waals surface area contributed by atoms with Crippen molar-refractivity contribution in [2.75, 3.05) is 6.54 Å². The second-order valence-corrected chi connectivity index (χ2v) is 7.16. The Hall–Kier alpha value is -2.74. The summed E-state index contributed by atoms with van der Waals surface area (Å²) in [6.45, 7) is 2.65. The molecule has 7 nitrogen and oxygen atoms in total. The highest BCUT2D eigenvalue weighted by atomic mass is 32.1. The summed E-state index contributed by atoms with van der Waals surface area (Å²) in [6.07, 6.45) is 4.91. The van der Waals surface area contributed by atoms with Gasteiger partial charge in [-0.2, -0.15) is 0 Å². The molecular formula is C18H18N4O3S. The Morgan fingerprint density at radius 1 is 1.35 bits per heavy atom. The summed E-state index contributed by atoms with van der Waals surface area (Å²) < 4.78 is 6.09. The topological polar surface area (TPSA) is 81.2 Å². The molecule has 0 fully saturated rings. The van der Waals surface area contributed by atoms with Crippen LogP contribution in [0.15, 0.2) is 45.3 Å². The van der Waals surface area contributed by atoms with Crippen molar-refractivity contribution in [3.8, 4) is 11.4 Å². The van der Waals surface area contributed by atoms with E-state index in [0.29, 0.717) is 17.9 Å². The molecule has 4 rings (SSSR count). The van der Waals surface area contributed by atoms with Gasteiger partial charge in [0.1, 0.15) is 6.54 Å². The first-order chi connectivity index (χ1) is 12.7. The minimum absolute atomic E-state index is 0.0532. The van der Waals surface area contributed by atoms with Gasteiger partial charge in [-0.1, -0.05) is 12.1 Å².